The van der Waals surface area contributed by atoms with Crippen LogP contribution in [0.15, 0.2) is 42.6 Å². The van der Waals surface area contributed by atoms with Crippen LogP contribution in [0.25, 0.3) is 0 Å². The summed E-state index contributed by atoms with van der Waals surface area (Å²) in [5.74, 6) is 0.746. The lowest BCUT2D eigenvalue weighted by Gasteiger charge is -2.23. The number of carbonyl (C=O) groups excluding carboxylic acids is 1. The fraction of sp³-hybridized carbons (Fsp3) is 0.381. The van der Waals surface area contributed by atoms with Crippen molar-refractivity contribution in [2.24, 2.45) is 0 Å². The normalized spacial score (nSPS) is 17.0. The summed E-state index contributed by atoms with van der Waals surface area (Å²) in [5.41, 5.74) is 2.06. The van der Waals surface area contributed by atoms with Crippen molar-refractivity contribution >= 4 is 33.3 Å². The van der Waals surface area contributed by atoms with Gasteiger partial charge in [-0.15, -0.1) is 15.3 Å². The Morgan fingerprint density at radius 3 is 2.77 bits per heavy atom. The van der Waals surface area contributed by atoms with Gasteiger partial charge in [-0.1, -0.05) is 41.2 Å². The van der Waals surface area contributed by atoms with Crippen molar-refractivity contribution in [2.45, 2.75) is 25.4 Å². The first kappa shape index (κ1) is 21.1. The first-order valence-corrected chi connectivity index (χ1v) is 11.0. The second kappa shape index (κ2) is 9.36. The number of likely N-dealkylation sites (N-methyl/N-ethyl adjacent to an activating group) is 1. The minimum Gasteiger partial charge on any atom is -0.355 e. The Hall–Kier alpha value is -3.11. The molecule has 2 N–H and O–H groups in total. The van der Waals surface area contributed by atoms with Gasteiger partial charge in [0.25, 0.3) is 0 Å². The second-order valence-electron chi connectivity index (χ2n) is 7.84. The number of carbonyl (C=O) groups is 1. The molecule has 10 heteroatoms. The summed E-state index contributed by atoms with van der Waals surface area (Å²) in [5, 5.41) is 24.0. The van der Waals surface area contributed by atoms with E-state index in [1.807, 2.05) is 62.3 Å². The highest BCUT2D eigenvalue weighted by molar-refractivity contribution is 7.19. The van der Waals surface area contributed by atoms with Gasteiger partial charge in [-0.05, 0) is 45.1 Å². The average molecular weight is 439 g/mol. The Bertz CT molecular complexity index is 1020. The van der Waals surface area contributed by atoms with Crippen LogP contribution in [0, 0.1) is 6.92 Å². The van der Waals surface area contributed by atoms with E-state index in [9.17, 15) is 4.79 Å². The molecular weight excluding hydrogens is 412 g/mol. The molecule has 0 aliphatic carbocycles. The predicted molar refractivity (Wildman–Crippen MR) is 122 cm³/mol. The van der Waals surface area contributed by atoms with Crippen molar-refractivity contribution in [1.82, 2.24) is 25.3 Å². The summed E-state index contributed by atoms with van der Waals surface area (Å²) in [6, 6.07) is 11.7. The number of rotatable bonds is 7. The number of aryl methyl sites for hydroxylation is 1. The third kappa shape index (κ3) is 5.15. The first-order valence-electron chi connectivity index (χ1n) is 10.2. The standard InChI is InChI=1S/C21H26N8OS/c1-14-6-4-7-15(12-14)18(28(2)3)19(30)24-21-27-26-20(31-21)23-16-9-11-29(13-16)17-8-5-10-22-25-17/h4-8,10,12,16,18H,9,11,13H2,1-3H3,(H,23,26)(H,24,27,30)/t16-,18+/m1/s1. The van der Waals surface area contributed by atoms with Gasteiger partial charge in [0, 0.05) is 25.3 Å². The molecule has 31 heavy (non-hydrogen) atoms. The maximum Gasteiger partial charge on any atom is 0.248 e. The van der Waals surface area contributed by atoms with Crippen LogP contribution in [0.4, 0.5) is 16.1 Å². The monoisotopic (exact) mass is 438 g/mol. The quantitative estimate of drug-likeness (QED) is 0.581. The Balaban J connectivity index is 1.37. The summed E-state index contributed by atoms with van der Waals surface area (Å²) in [7, 11) is 3.78. The molecule has 0 unspecified atom stereocenters. The number of nitrogens with one attached hydrogen (secondary N) is 2. The number of benzene rings is 1. The molecule has 3 aromatic rings. The number of aromatic nitrogens is 4. The third-order valence-electron chi connectivity index (χ3n) is 5.18. The summed E-state index contributed by atoms with van der Waals surface area (Å²) in [6.07, 6.45) is 2.64. The molecule has 0 radical (unpaired) electrons. The van der Waals surface area contributed by atoms with Crippen molar-refractivity contribution in [2.75, 3.05) is 42.7 Å². The SMILES string of the molecule is Cc1cccc([C@@H](C(=O)Nc2nnc(N[C@@H]3CCN(c4cccnn4)C3)s2)N(C)C)c1. The summed E-state index contributed by atoms with van der Waals surface area (Å²) in [4.78, 5) is 17.1. The number of hydrogen-bond acceptors (Lipinski definition) is 9. The summed E-state index contributed by atoms with van der Waals surface area (Å²) in [6.45, 7) is 3.74. The molecule has 2 aromatic heterocycles. The van der Waals surface area contributed by atoms with Crippen molar-refractivity contribution in [3.8, 4) is 0 Å². The molecule has 1 amide bonds. The Morgan fingerprint density at radius 1 is 1.19 bits per heavy atom. The van der Waals surface area contributed by atoms with E-state index >= 15 is 0 Å². The molecule has 1 saturated heterocycles. The highest BCUT2D eigenvalue weighted by Crippen LogP contribution is 2.26. The number of amides is 1. The molecule has 0 saturated carbocycles. The first-order chi connectivity index (χ1) is 15.0. The van der Waals surface area contributed by atoms with Crippen LogP contribution in [0.2, 0.25) is 0 Å². The zero-order valence-corrected chi connectivity index (χ0v) is 18.6. The zero-order chi connectivity index (χ0) is 21.8. The third-order valence-corrected chi connectivity index (χ3v) is 5.95. The van der Waals surface area contributed by atoms with Gasteiger partial charge in [-0.3, -0.25) is 15.0 Å². The van der Waals surface area contributed by atoms with Crippen LogP contribution < -0.4 is 15.5 Å². The maximum atomic E-state index is 13.0. The van der Waals surface area contributed by atoms with Crippen LogP contribution in [0.1, 0.15) is 23.6 Å². The van der Waals surface area contributed by atoms with Crippen molar-refractivity contribution in [3.05, 3.63) is 53.7 Å². The molecule has 0 spiro atoms. The van der Waals surface area contributed by atoms with Gasteiger partial charge < -0.3 is 10.2 Å². The molecule has 0 bridgehead atoms. The van der Waals surface area contributed by atoms with Gasteiger partial charge >= 0.3 is 0 Å². The van der Waals surface area contributed by atoms with Gasteiger partial charge in [-0.25, -0.2) is 0 Å². The molecule has 162 valence electrons. The van der Waals surface area contributed by atoms with Gasteiger partial charge in [0.2, 0.25) is 16.2 Å². The fourth-order valence-corrected chi connectivity index (χ4v) is 4.48. The van der Waals surface area contributed by atoms with E-state index in [0.29, 0.717) is 10.3 Å². The van der Waals surface area contributed by atoms with Crippen molar-refractivity contribution in [1.29, 1.82) is 0 Å². The summed E-state index contributed by atoms with van der Waals surface area (Å²) >= 11 is 1.34. The second-order valence-corrected chi connectivity index (χ2v) is 8.82. The minimum absolute atomic E-state index is 0.131. The molecule has 1 aromatic carbocycles. The van der Waals surface area contributed by atoms with E-state index in [2.05, 4.69) is 35.9 Å². The molecule has 2 atom stereocenters. The van der Waals surface area contributed by atoms with E-state index in [1.54, 1.807) is 6.20 Å². The fourth-order valence-electron chi connectivity index (χ4n) is 3.75. The van der Waals surface area contributed by atoms with Gasteiger partial charge in [0.15, 0.2) is 5.82 Å². The van der Waals surface area contributed by atoms with Crippen LogP contribution in [-0.2, 0) is 4.79 Å². The molecular formula is C21H26N8OS. The van der Waals surface area contributed by atoms with E-state index in [0.717, 1.165) is 36.5 Å². The Labute approximate surface area is 185 Å². The topological polar surface area (TPSA) is 99.2 Å². The van der Waals surface area contributed by atoms with Crippen LogP contribution in [0.5, 0.6) is 0 Å². The maximum absolute atomic E-state index is 13.0. The Morgan fingerprint density at radius 2 is 2.03 bits per heavy atom. The van der Waals surface area contributed by atoms with Crippen LogP contribution in [-0.4, -0.2) is 64.4 Å². The zero-order valence-electron chi connectivity index (χ0n) is 17.8. The van der Waals surface area contributed by atoms with E-state index in [1.165, 1.54) is 11.3 Å². The molecule has 1 aliphatic heterocycles. The van der Waals surface area contributed by atoms with Crippen LogP contribution in [0.3, 0.4) is 0 Å². The largest absolute Gasteiger partial charge is 0.355 e. The van der Waals surface area contributed by atoms with Crippen molar-refractivity contribution < 1.29 is 4.79 Å². The average Bonchev–Trinajstić information content (AvgIpc) is 3.38. The lowest BCUT2D eigenvalue weighted by atomic mass is 10.0. The highest BCUT2D eigenvalue weighted by atomic mass is 32.1. The van der Waals surface area contributed by atoms with Crippen molar-refractivity contribution in [3.63, 3.8) is 0 Å². The van der Waals surface area contributed by atoms with Crippen LogP contribution >= 0.6 is 11.3 Å². The lowest BCUT2D eigenvalue weighted by Crippen LogP contribution is -2.32. The van der Waals surface area contributed by atoms with E-state index in [-0.39, 0.29) is 11.9 Å². The highest BCUT2D eigenvalue weighted by Gasteiger charge is 2.26. The molecule has 3 heterocycles. The summed E-state index contributed by atoms with van der Waals surface area (Å²) < 4.78 is 0. The Kier molecular flexibility index (Phi) is 6.38. The smallest absolute Gasteiger partial charge is 0.248 e. The molecule has 9 nitrogen and oxygen atoms in total. The number of nitrogens with zero attached hydrogens (tertiary/aromatic N) is 6. The van der Waals surface area contributed by atoms with E-state index in [4.69, 9.17) is 0 Å². The molecule has 1 fully saturated rings. The minimum atomic E-state index is -0.407. The molecule has 4 rings (SSSR count). The lowest BCUT2D eigenvalue weighted by molar-refractivity contribution is -0.120. The predicted octanol–water partition coefficient (Wildman–Crippen LogP) is 2.57. The van der Waals surface area contributed by atoms with E-state index < -0.39 is 6.04 Å². The van der Waals surface area contributed by atoms with Gasteiger partial charge in [0.1, 0.15) is 6.04 Å². The number of anilines is 3. The number of hydrogen-bond donors (Lipinski definition) is 2. The van der Waals surface area contributed by atoms with Gasteiger partial charge in [0.05, 0.1) is 0 Å². The molecule has 1 aliphatic rings. The van der Waals surface area contributed by atoms with Gasteiger partial charge in [-0.2, -0.15) is 5.10 Å².